The molecule has 4 rings (SSSR count). The number of aliphatic imine (C=N–C) groups is 1. The number of fused-ring (bicyclic) bond motifs is 1. The van der Waals surface area contributed by atoms with Gasteiger partial charge in [-0.2, -0.15) is 4.72 Å². The van der Waals surface area contributed by atoms with Crippen molar-refractivity contribution in [1.82, 2.24) is 14.6 Å². The van der Waals surface area contributed by atoms with E-state index in [9.17, 15) is 8.42 Å². The average molecular weight is 566 g/mol. The minimum Gasteiger partial charge on any atom is -0.493 e. The SMILES string of the molecule is COc1ccc(COC2(NS(=O)(=O)c3cccc(Cl)c3C)C=Nc3scnc3N2)cc1OCCN(C)C. The van der Waals surface area contributed by atoms with E-state index in [1.165, 1.54) is 23.6 Å². The number of sulfonamides is 1. The Morgan fingerprint density at radius 3 is 2.78 bits per heavy atom. The van der Waals surface area contributed by atoms with E-state index in [1.807, 2.05) is 25.1 Å². The highest BCUT2D eigenvalue weighted by atomic mass is 35.5. The second kappa shape index (κ2) is 11.3. The van der Waals surface area contributed by atoms with E-state index in [0.717, 1.165) is 12.1 Å². The summed E-state index contributed by atoms with van der Waals surface area (Å²) in [5.41, 5.74) is 2.77. The summed E-state index contributed by atoms with van der Waals surface area (Å²) in [5, 5.41) is 4.00. The third-order valence-electron chi connectivity index (χ3n) is 5.50. The van der Waals surface area contributed by atoms with Crippen LogP contribution in [0, 0.1) is 6.92 Å². The summed E-state index contributed by atoms with van der Waals surface area (Å²) in [6.45, 7) is 2.86. The van der Waals surface area contributed by atoms with Crippen LogP contribution in [0.25, 0.3) is 0 Å². The van der Waals surface area contributed by atoms with Crippen LogP contribution in [-0.2, 0) is 21.4 Å². The Bertz CT molecular complexity index is 1400. The first-order valence-corrected chi connectivity index (χ1v) is 14.0. The molecule has 0 saturated carbocycles. The molecule has 1 aromatic heterocycles. The van der Waals surface area contributed by atoms with Crippen LogP contribution in [0.5, 0.6) is 11.5 Å². The Kier molecular flexibility index (Phi) is 8.36. The van der Waals surface area contributed by atoms with Gasteiger partial charge in [0.2, 0.25) is 15.9 Å². The summed E-state index contributed by atoms with van der Waals surface area (Å²) < 4.78 is 47.0. The summed E-state index contributed by atoms with van der Waals surface area (Å²) in [6, 6.07) is 10.1. The van der Waals surface area contributed by atoms with E-state index >= 15 is 0 Å². The van der Waals surface area contributed by atoms with E-state index in [2.05, 4.69) is 20.0 Å². The number of nitrogens with one attached hydrogen (secondary N) is 2. The standard InChI is InChI=1S/C24H28ClN5O5S2/c1-16-18(25)6-5-7-21(16)37(31,32)29-24(14-26-23-22(28-24)27-15-36-23)35-13-17-8-9-19(33-4)20(12-17)34-11-10-30(2)3/h5-9,12,14-15,28-29H,10-11,13H2,1-4H3. The van der Waals surface area contributed by atoms with Crippen molar-refractivity contribution in [3.8, 4) is 11.5 Å². The van der Waals surface area contributed by atoms with Crippen molar-refractivity contribution < 1.29 is 22.6 Å². The lowest BCUT2D eigenvalue weighted by atomic mass is 10.2. The Labute approximate surface area is 225 Å². The van der Waals surface area contributed by atoms with Gasteiger partial charge in [0, 0.05) is 11.6 Å². The fourth-order valence-electron chi connectivity index (χ4n) is 3.52. The largest absolute Gasteiger partial charge is 0.493 e. The van der Waals surface area contributed by atoms with Crippen LogP contribution in [0.3, 0.4) is 0 Å². The van der Waals surface area contributed by atoms with Gasteiger partial charge in [0.05, 0.1) is 30.3 Å². The topological polar surface area (TPSA) is 114 Å². The second-order valence-corrected chi connectivity index (χ2v) is 11.4. The number of halogens is 1. The number of methoxy groups -OCH3 is 1. The van der Waals surface area contributed by atoms with Gasteiger partial charge in [0.1, 0.15) is 6.61 Å². The zero-order chi connectivity index (χ0) is 26.6. The molecule has 37 heavy (non-hydrogen) atoms. The Morgan fingerprint density at radius 2 is 2.03 bits per heavy atom. The Hall–Kier alpha value is -2.74. The van der Waals surface area contributed by atoms with Gasteiger partial charge in [0.15, 0.2) is 22.3 Å². The van der Waals surface area contributed by atoms with Crippen molar-refractivity contribution in [2.75, 3.05) is 39.7 Å². The van der Waals surface area contributed by atoms with Gasteiger partial charge in [-0.15, -0.1) is 11.3 Å². The minimum atomic E-state index is -4.09. The van der Waals surface area contributed by atoms with Crippen LogP contribution < -0.4 is 19.5 Å². The van der Waals surface area contributed by atoms with Crippen molar-refractivity contribution in [2.24, 2.45) is 4.99 Å². The lowest BCUT2D eigenvalue weighted by Crippen LogP contribution is -2.58. The molecule has 3 aromatic rings. The molecular weight excluding hydrogens is 538 g/mol. The molecule has 2 aromatic carbocycles. The van der Waals surface area contributed by atoms with Crippen LogP contribution in [0.4, 0.5) is 10.8 Å². The first-order chi connectivity index (χ1) is 17.6. The van der Waals surface area contributed by atoms with Gasteiger partial charge in [-0.05, 0) is 56.4 Å². The molecule has 2 heterocycles. The van der Waals surface area contributed by atoms with Gasteiger partial charge >= 0.3 is 0 Å². The molecule has 10 nitrogen and oxygen atoms in total. The molecule has 1 atom stereocenters. The molecule has 0 radical (unpaired) electrons. The molecule has 0 fully saturated rings. The van der Waals surface area contributed by atoms with Crippen molar-refractivity contribution in [2.45, 2.75) is 24.3 Å². The number of hydrogen-bond donors (Lipinski definition) is 2. The molecule has 0 amide bonds. The fourth-order valence-corrected chi connectivity index (χ4v) is 5.78. The van der Waals surface area contributed by atoms with Crippen molar-refractivity contribution >= 4 is 50.0 Å². The number of anilines is 1. The molecule has 0 bridgehead atoms. The number of likely N-dealkylation sites (N-methyl/N-ethyl adjacent to an activating group) is 1. The summed E-state index contributed by atoms with van der Waals surface area (Å²) in [5.74, 6) is -0.165. The van der Waals surface area contributed by atoms with E-state index in [-0.39, 0.29) is 11.5 Å². The molecule has 198 valence electrons. The summed E-state index contributed by atoms with van der Waals surface area (Å²) >= 11 is 7.50. The van der Waals surface area contributed by atoms with E-state index in [0.29, 0.717) is 39.5 Å². The second-order valence-electron chi connectivity index (χ2n) is 8.52. The zero-order valence-corrected chi connectivity index (χ0v) is 23.2. The number of ether oxygens (including phenoxy) is 3. The maximum Gasteiger partial charge on any atom is 0.248 e. The molecule has 13 heteroatoms. The smallest absolute Gasteiger partial charge is 0.248 e. The first-order valence-electron chi connectivity index (χ1n) is 11.3. The van der Waals surface area contributed by atoms with Gasteiger partial charge in [0.25, 0.3) is 0 Å². The molecule has 0 saturated heterocycles. The van der Waals surface area contributed by atoms with Crippen molar-refractivity contribution in [3.63, 3.8) is 0 Å². The maximum atomic E-state index is 13.4. The van der Waals surface area contributed by atoms with Gasteiger partial charge in [-0.25, -0.2) is 18.4 Å². The highest BCUT2D eigenvalue weighted by Gasteiger charge is 2.39. The first kappa shape index (κ1) is 27.3. The van der Waals surface area contributed by atoms with Gasteiger partial charge < -0.3 is 24.4 Å². The molecule has 1 aliphatic heterocycles. The van der Waals surface area contributed by atoms with Crippen LogP contribution in [0.15, 0.2) is 51.8 Å². The predicted molar refractivity (Wildman–Crippen MR) is 145 cm³/mol. The van der Waals surface area contributed by atoms with Crippen molar-refractivity contribution in [3.05, 3.63) is 58.1 Å². The highest BCUT2D eigenvalue weighted by Crippen LogP contribution is 2.35. The third-order valence-corrected chi connectivity index (χ3v) is 8.24. The molecule has 0 spiro atoms. The number of thiazole rings is 1. The minimum absolute atomic E-state index is 0.0174. The number of rotatable bonds is 11. The van der Waals surface area contributed by atoms with Crippen molar-refractivity contribution in [1.29, 1.82) is 0 Å². The number of benzene rings is 2. The number of hydrogen-bond acceptors (Lipinski definition) is 10. The highest BCUT2D eigenvalue weighted by molar-refractivity contribution is 7.89. The lowest BCUT2D eigenvalue weighted by Gasteiger charge is -2.33. The fraction of sp³-hybridized carbons (Fsp3) is 0.333. The molecule has 1 aliphatic rings. The van der Waals surface area contributed by atoms with E-state index in [4.69, 9.17) is 25.8 Å². The lowest BCUT2D eigenvalue weighted by molar-refractivity contribution is 0.0102. The van der Waals surface area contributed by atoms with E-state index < -0.39 is 15.9 Å². The number of aromatic nitrogens is 1. The third kappa shape index (κ3) is 6.40. The summed E-state index contributed by atoms with van der Waals surface area (Å²) in [6.07, 6.45) is 1.38. The van der Waals surface area contributed by atoms with Crippen LogP contribution in [0.1, 0.15) is 11.1 Å². The molecule has 1 unspecified atom stereocenters. The summed E-state index contributed by atoms with van der Waals surface area (Å²) in [7, 11) is 1.40. The predicted octanol–water partition coefficient (Wildman–Crippen LogP) is 4.03. The Morgan fingerprint density at radius 1 is 1.22 bits per heavy atom. The van der Waals surface area contributed by atoms with Crippen LogP contribution in [-0.4, -0.2) is 64.7 Å². The zero-order valence-electron chi connectivity index (χ0n) is 20.8. The monoisotopic (exact) mass is 565 g/mol. The average Bonchev–Trinajstić information content (AvgIpc) is 3.31. The molecule has 0 aliphatic carbocycles. The summed E-state index contributed by atoms with van der Waals surface area (Å²) in [4.78, 5) is 10.7. The molecular formula is C24H28ClN5O5S2. The van der Waals surface area contributed by atoms with Gasteiger partial charge in [-0.3, -0.25) is 0 Å². The molecule has 2 N–H and O–H groups in total. The van der Waals surface area contributed by atoms with E-state index in [1.54, 1.807) is 43.8 Å². The normalized spacial score (nSPS) is 16.9. The quantitative estimate of drug-likeness (QED) is 0.335. The van der Waals surface area contributed by atoms with Crippen LogP contribution in [0.2, 0.25) is 5.02 Å². The van der Waals surface area contributed by atoms with Crippen LogP contribution >= 0.6 is 22.9 Å². The number of nitrogens with zero attached hydrogens (tertiary/aromatic N) is 3. The van der Waals surface area contributed by atoms with Gasteiger partial charge in [-0.1, -0.05) is 23.7 Å². The Balaban J connectivity index is 1.60. The maximum absolute atomic E-state index is 13.4.